The number of ether oxygens (including phenoxy) is 2. The summed E-state index contributed by atoms with van der Waals surface area (Å²) in [6, 6.07) is 18.8. The minimum atomic E-state index is -0.330. The van der Waals surface area contributed by atoms with E-state index >= 15 is 0 Å². The first-order valence-electron chi connectivity index (χ1n) is 10.1. The van der Waals surface area contributed by atoms with Crippen molar-refractivity contribution in [2.75, 3.05) is 14.2 Å². The Balaban J connectivity index is 1.64. The number of methoxy groups -OCH3 is 2. The topological polar surface area (TPSA) is 93.5 Å². The predicted molar refractivity (Wildman–Crippen MR) is 126 cm³/mol. The van der Waals surface area contributed by atoms with Gasteiger partial charge in [-0.3, -0.25) is 9.36 Å². The highest BCUT2D eigenvalue weighted by Crippen LogP contribution is 2.28. The van der Waals surface area contributed by atoms with Gasteiger partial charge in [-0.25, -0.2) is 4.79 Å². The van der Waals surface area contributed by atoms with Crippen LogP contribution >= 0.6 is 0 Å². The summed E-state index contributed by atoms with van der Waals surface area (Å²) in [4.78, 5) is 28.0. The van der Waals surface area contributed by atoms with Gasteiger partial charge in [0, 0.05) is 17.3 Å². The predicted octanol–water partition coefficient (Wildman–Crippen LogP) is 4.45. The van der Waals surface area contributed by atoms with Crippen LogP contribution in [-0.4, -0.2) is 34.7 Å². The molecule has 0 radical (unpaired) electrons. The van der Waals surface area contributed by atoms with E-state index in [0.29, 0.717) is 28.4 Å². The highest BCUT2D eigenvalue weighted by Gasteiger charge is 2.12. The van der Waals surface area contributed by atoms with E-state index in [1.54, 1.807) is 87.2 Å². The van der Waals surface area contributed by atoms with Crippen molar-refractivity contribution in [1.29, 1.82) is 0 Å². The maximum atomic E-state index is 12.8. The maximum absolute atomic E-state index is 12.8. The Morgan fingerprint density at radius 2 is 1.73 bits per heavy atom. The molecule has 4 aromatic rings. The summed E-state index contributed by atoms with van der Waals surface area (Å²) in [7, 11) is 3.12. The normalized spacial score (nSPS) is 11.0. The molecular formula is C26H22N2O5. The molecule has 0 unspecified atom stereocenters. The van der Waals surface area contributed by atoms with Crippen LogP contribution in [0.15, 0.2) is 83.8 Å². The van der Waals surface area contributed by atoms with E-state index in [2.05, 4.69) is 4.98 Å². The van der Waals surface area contributed by atoms with Crippen LogP contribution in [-0.2, 0) is 0 Å². The zero-order valence-corrected chi connectivity index (χ0v) is 18.1. The number of H-pyrrole nitrogens is 1. The quantitative estimate of drug-likeness (QED) is 0.326. The minimum absolute atomic E-state index is 0.136. The van der Waals surface area contributed by atoms with Gasteiger partial charge >= 0.3 is 5.69 Å². The third-order valence-electron chi connectivity index (χ3n) is 5.16. The Kier molecular flexibility index (Phi) is 6.13. The lowest BCUT2D eigenvalue weighted by Crippen LogP contribution is -2.16. The second-order valence-electron chi connectivity index (χ2n) is 7.22. The molecule has 7 nitrogen and oxygen atoms in total. The fourth-order valence-electron chi connectivity index (χ4n) is 3.49. The zero-order valence-electron chi connectivity index (χ0n) is 18.1. The number of ketones is 1. The average molecular weight is 442 g/mol. The molecule has 0 amide bonds. The number of imidazole rings is 1. The first kappa shape index (κ1) is 21.7. The van der Waals surface area contributed by atoms with Crippen molar-refractivity contribution in [2.24, 2.45) is 0 Å². The summed E-state index contributed by atoms with van der Waals surface area (Å²) >= 11 is 0. The number of benzene rings is 3. The SMILES string of the molecule is COc1ccc(C=CC(=O)c2cccc(-n3c(-c4ccc(O)cc4)c[nH]c3=O)c2)cc1OC. The highest BCUT2D eigenvalue weighted by atomic mass is 16.5. The molecule has 0 bridgehead atoms. The minimum Gasteiger partial charge on any atom is -0.508 e. The molecule has 0 spiro atoms. The summed E-state index contributed by atoms with van der Waals surface area (Å²) in [5, 5.41) is 9.55. The van der Waals surface area contributed by atoms with Crippen LogP contribution in [0.5, 0.6) is 17.2 Å². The van der Waals surface area contributed by atoms with Crippen molar-refractivity contribution in [3.8, 4) is 34.2 Å². The van der Waals surface area contributed by atoms with Gasteiger partial charge in [0.2, 0.25) is 0 Å². The molecule has 0 fully saturated rings. The number of nitrogens with one attached hydrogen (secondary N) is 1. The zero-order chi connectivity index (χ0) is 23.4. The number of allylic oxidation sites excluding steroid dienone is 1. The molecule has 0 aliphatic carbocycles. The molecule has 3 aromatic carbocycles. The number of phenols is 1. The van der Waals surface area contributed by atoms with E-state index < -0.39 is 0 Å². The van der Waals surface area contributed by atoms with E-state index in [-0.39, 0.29) is 17.2 Å². The van der Waals surface area contributed by atoms with Gasteiger partial charge in [-0.1, -0.05) is 24.3 Å². The number of rotatable bonds is 7. The molecule has 166 valence electrons. The van der Waals surface area contributed by atoms with Crippen LogP contribution in [0.2, 0.25) is 0 Å². The average Bonchev–Trinajstić information content (AvgIpc) is 3.24. The number of carbonyl (C=O) groups excluding carboxylic acids is 1. The van der Waals surface area contributed by atoms with E-state index in [0.717, 1.165) is 11.1 Å². The fourth-order valence-corrected chi connectivity index (χ4v) is 3.49. The van der Waals surface area contributed by atoms with Crippen LogP contribution in [0.1, 0.15) is 15.9 Å². The van der Waals surface area contributed by atoms with Gasteiger partial charge < -0.3 is 19.6 Å². The molecule has 4 rings (SSSR count). The molecule has 7 heteroatoms. The molecule has 0 saturated carbocycles. The molecule has 0 aliphatic heterocycles. The fraction of sp³-hybridized carbons (Fsp3) is 0.0769. The van der Waals surface area contributed by atoms with Crippen molar-refractivity contribution >= 4 is 11.9 Å². The number of hydrogen-bond acceptors (Lipinski definition) is 5. The van der Waals surface area contributed by atoms with E-state index in [9.17, 15) is 14.7 Å². The number of aromatic hydroxyl groups is 1. The second-order valence-corrected chi connectivity index (χ2v) is 7.22. The van der Waals surface area contributed by atoms with E-state index in [1.165, 1.54) is 10.6 Å². The van der Waals surface area contributed by atoms with Crippen LogP contribution < -0.4 is 15.2 Å². The van der Waals surface area contributed by atoms with Gasteiger partial charge in [0.25, 0.3) is 0 Å². The number of phenolic OH excluding ortho intramolecular Hbond substituents is 1. The number of aromatic amines is 1. The molecule has 1 heterocycles. The van der Waals surface area contributed by atoms with Gasteiger partial charge in [-0.15, -0.1) is 0 Å². The number of carbonyl (C=O) groups is 1. The number of nitrogens with zero attached hydrogens (tertiary/aromatic N) is 1. The second kappa shape index (κ2) is 9.32. The Morgan fingerprint density at radius 1 is 0.970 bits per heavy atom. The Bertz CT molecular complexity index is 1380. The van der Waals surface area contributed by atoms with E-state index in [1.807, 2.05) is 6.07 Å². The molecule has 1 aromatic heterocycles. The molecule has 33 heavy (non-hydrogen) atoms. The monoisotopic (exact) mass is 442 g/mol. The van der Waals surface area contributed by atoms with Gasteiger partial charge in [0.15, 0.2) is 17.3 Å². The van der Waals surface area contributed by atoms with Crippen molar-refractivity contribution in [1.82, 2.24) is 9.55 Å². The first-order valence-corrected chi connectivity index (χ1v) is 10.1. The van der Waals surface area contributed by atoms with Crippen LogP contribution in [0.4, 0.5) is 0 Å². The maximum Gasteiger partial charge on any atom is 0.330 e. The van der Waals surface area contributed by atoms with Crippen LogP contribution in [0, 0.1) is 0 Å². The lowest BCUT2D eigenvalue weighted by atomic mass is 10.1. The molecule has 0 saturated heterocycles. The van der Waals surface area contributed by atoms with Crippen molar-refractivity contribution in [3.63, 3.8) is 0 Å². The third-order valence-corrected chi connectivity index (χ3v) is 5.16. The van der Waals surface area contributed by atoms with Gasteiger partial charge in [-0.05, 0) is 60.2 Å². The number of aromatic nitrogens is 2. The van der Waals surface area contributed by atoms with Crippen LogP contribution in [0.25, 0.3) is 23.0 Å². The largest absolute Gasteiger partial charge is 0.508 e. The lowest BCUT2D eigenvalue weighted by Gasteiger charge is -2.09. The van der Waals surface area contributed by atoms with Crippen molar-refractivity contribution in [2.45, 2.75) is 0 Å². The Labute approximate surface area is 190 Å². The van der Waals surface area contributed by atoms with E-state index in [4.69, 9.17) is 9.47 Å². The summed E-state index contributed by atoms with van der Waals surface area (Å²) in [6.07, 6.45) is 4.77. The first-order chi connectivity index (χ1) is 16.0. The third kappa shape index (κ3) is 4.57. The Hall–Kier alpha value is -4.52. The van der Waals surface area contributed by atoms with Crippen molar-refractivity contribution in [3.05, 3.63) is 101 Å². The summed E-state index contributed by atoms with van der Waals surface area (Å²) < 4.78 is 12.0. The molecular weight excluding hydrogens is 420 g/mol. The summed E-state index contributed by atoms with van der Waals surface area (Å²) in [6.45, 7) is 0. The number of hydrogen-bond donors (Lipinski definition) is 2. The lowest BCUT2D eigenvalue weighted by molar-refractivity contribution is 0.104. The Morgan fingerprint density at radius 3 is 2.45 bits per heavy atom. The van der Waals surface area contributed by atoms with Gasteiger partial charge in [-0.2, -0.15) is 0 Å². The van der Waals surface area contributed by atoms with Crippen molar-refractivity contribution < 1.29 is 19.4 Å². The standard InChI is InChI=1S/C26H22N2O5/c1-32-24-13-7-17(14-25(24)33-2)6-12-23(30)19-4-3-5-20(15-19)28-22(16-27-26(28)31)18-8-10-21(29)11-9-18/h3-16,29H,1-2H3,(H,27,31). The van der Waals surface area contributed by atoms with Gasteiger partial charge in [0.1, 0.15) is 5.75 Å². The smallest absolute Gasteiger partial charge is 0.330 e. The van der Waals surface area contributed by atoms with Gasteiger partial charge in [0.05, 0.1) is 25.6 Å². The molecule has 0 aliphatic rings. The summed E-state index contributed by atoms with van der Waals surface area (Å²) in [5.41, 5.74) is 2.81. The highest BCUT2D eigenvalue weighted by molar-refractivity contribution is 6.07. The van der Waals surface area contributed by atoms with Crippen LogP contribution in [0.3, 0.4) is 0 Å². The summed E-state index contributed by atoms with van der Waals surface area (Å²) in [5.74, 6) is 1.11. The molecule has 2 N–H and O–H groups in total. The molecule has 0 atom stereocenters.